The van der Waals surface area contributed by atoms with Gasteiger partial charge >= 0.3 is 0 Å². The Morgan fingerprint density at radius 2 is 2.35 bits per heavy atom. The molecule has 0 aliphatic rings. The van der Waals surface area contributed by atoms with E-state index in [2.05, 4.69) is 15.3 Å². The van der Waals surface area contributed by atoms with E-state index in [0.717, 1.165) is 5.01 Å². The van der Waals surface area contributed by atoms with E-state index in [9.17, 15) is 4.79 Å². The van der Waals surface area contributed by atoms with Crippen LogP contribution in [-0.4, -0.2) is 22.5 Å². The van der Waals surface area contributed by atoms with Gasteiger partial charge in [0.1, 0.15) is 10.0 Å². The first-order valence-corrected chi connectivity index (χ1v) is 7.36. The summed E-state index contributed by atoms with van der Waals surface area (Å²) in [5.41, 5.74) is 0.391. The van der Waals surface area contributed by atoms with E-state index in [0.29, 0.717) is 23.1 Å². The van der Waals surface area contributed by atoms with Gasteiger partial charge in [-0.3, -0.25) is 4.79 Å². The van der Waals surface area contributed by atoms with E-state index in [1.165, 1.54) is 17.5 Å². The number of halogens is 1. The quantitative estimate of drug-likeness (QED) is 0.921. The van der Waals surface area contributed by atoms with Crippen LogP contribution in [0.15, 0.2) is 23.8 Å². The van der Waals surface area contributed by atoms with Gasteiger partial charge in [-0.25, -0.2) is 9.97 Å². The van der Waals surface area contributed by atoms with Crippen LogP contribution in [-0.2, 0) is 0 Å². The van der Waals surface area contributed by atoms with Gasteiger partial charge in [0.05, 0.1) is 18.2 Å². The van der Waals surface area contributed by atoms with E-state index in [1.807, 2.05) is 19.2 Å². The van der Waals surface area contributed by atoms with Gasteiger partial charge in [0.2, 0.25) is 5.88 Å². The van der Waals surface area contributed by atoms with Crippen molar-refractivity contribution in [3.05, 3.63) is 39.4 Å². The van der Waals surface area contributed by atoms with Gasteiger partial charge in [-0.1, -0.05) is 11.6 Å². The van der Waals surface area contributed by atoms with Crippen LogP contribution in [0.4, 0.5) is 0 Å². The Labute approximate surface area is 126 Å². The fourth-order valence-corrected chi connectivity index (χ4v) is 2.45. The maximum atomic E-state index is 12.1. The number of carbonyl (C=O) groups excluding carboxylic acids is 1. The zero-order valence-electron chi connectivity index (χ0n) is 11.1. The van der Waals surface area contributed by atoms with Crippen molar-refractivity contribution >= 4 is 28.8 Å². The summed E-state index contributed by atoms with van der Waals surface area (Å²) >= 11 is 7.50. The number of hydrogen-bond donors (Lipinski definition) is 1. The van der Waals surface area contributed by atoms with E-state index < -0.39 is 0 Å². The molecule has 7 heteroatoms. The number of thiazole rings is 1. The van der Waals surface area contributed by atoms with Crippen molar-refractivity contribution in [1.29, 1.82) is 0 Å². The van der Waals surface area contributed by atoms with E-state index in [-0.39, 0.29) is 11.9 Å². The third-order valence-corrected chi connectivity index (χ3v) is 3.75. The van der Waals surface area contributed by atoms with Gasteiger partial charge < -0.3 is 10.1 Å². The summed E-state index contributed by atoms with van der Waals surface area (Å²) in [5, 5.41) is 5.89. The standard InChI is InChI=1S/C13H14ClN3O2S/c1-3-19-12-10(14)6-9(7-16-12)11(18)17-8(2)13-15-4-5-20-13/h4-8H,3H2,1-2H3,(H,17,18)/t8-/m0/s1. The monoisotopic (exact) mass is 311 g/mol. The lowest BCUT2D eigenvalue weighted by Gasteiger charge is -2.12. The predicted octanol–water partition coefficient (Wildman–Crippen LogP) is 3.08. The van der Waals surface area contributed by atoms with Gasteiger partial charge in [0.25, 0.3) is 5.91 Å². The summed E-state index contributed by atoms with van der Waals surface area (Å²) in [6.07, 6.45) is 3.15. The predicted molar refractivity (Wildman–Crippen MR) is 78.4 cm³/mol. The number of amides is 1. The smallest absolute Gasteiger partial charge is 0.253 e. The molecule has 2 aromatic heterocycles. The fraction of sp³-hybridized carbons (Fsp3) is 0.308. The second kappa shape index (κ2) is 6.67. The van der Waals surface area contributed by atoms with Crippen LogP contribution in [0.5, 0.6) is 5.88 Å². The second-order valence-electron chi connectivity index (χ2n) is 4.01. The Morgan fingerprint density at radius 1 is 1.55 bits per heavy atom. The first-order valence-electron chi connectivity index (χ1n) is 6.10. The van der Waals surface area contributed by atoms with Gasteiger partial charge in [-0.15, -0.1) is 11.3 Å². The highest BCUT2D eigenvalue weighted by molar-refractivity contribution is 7.09. The maximum Gasteiger partial charge on any atom is 0.253 e. The molecule has 0 bridgehead atoms. The molecule has 5 nitrogen and oxygen atoms in total. The second-order valence-corrected chi connectivity index (χ2v) is 5.34. The van der Waals surface area contributed by atoms with Crippen LogP contribution in [0.25, 0.3) is 0 Å². The molecule has 0 saturated carbocycles. The highest BCUT2D eigenvalue weighted by Crippen LogP contribution is 2.23. The normalized spacial score (nSPS) is 11.9. The molecule has 0 radical (unpaired) electrons. The number of nitrogens with zero attached hydrogens (tertiary/aromatic N) is 2. The van der Waals surface area contributed by atoms with Crippen molar-refractivity contribution in [3.63, 3.8) is 0 Å². The van der Waals surface area contributed by atoms with Crippen LogP contribution in [0, 0.1) is 0 Å². The minimum absolute atomic E-state index is 0.159. The molecule has 0 aromatic carbocycles. The fourth-order valence-electron chi connectivity index (χ4n) is 1.58. The van der Waals surface area contributed by atoms with Gasteiger partial charge in [0.15, 0.2) is 0 Å². The van der Waals surface area contributed by atoms with Crippen molar-refractivity contribution in [2.24, 2.45) is 0 Å². The van der Waals surface area contributed by atoms with E-state index in [1.54, 1.807) is 12.3 Å². The van der Waals surface area contributed by atoms with Gasteiger partial charge in [-0.05, 0) is 19.9 Å². The Kier molecular flexibility index (Phi) is 4.92. The third kappa shape index (κ3) is 3.46. The molecule has 0 fully saturated rings. The molecule has 0 aliphatic carbocycles. The van der Waals surface area contributed by atoms with Crippen molar-refractivity contribution in [2.45, 2.75) is 19.9 Å². The highest BCUT2D eigenvalue weighted by atomic mass is 35.5. The number of rotatable bonds is 5. The number of aromatic nitrogens is 2. The summed E-state index contributed by atoms with van der Waals surface area (Å²) < 4.78 is 5.23. The van der Waals surface area contributed by atoms with Crippen LogP contribution in [0.1, 0.15) is 35.3 Å². The number of pyridine rings is 1. The zero-order valence-corrected chi connectivity index (χ0v) is 12.7. The lowest BCUT2D eigenvalue weighted by atomic mass is 10.2. The Bertz CT molecular complexity index is 589. The van der Waals surface area contributed by atoms with Crippen molar-refractivity contribution < 1.29 is 9.53 Å². The van der Waals surface area contributed by atoms with Crippen LogP contribution >= 0.6 is 22.9 Å². The Morgan fingerprint density at radius 3 is 2.95 bits per heavy atom. The van der Waals surface area contributed by atoms with E-state index in [4.69, 9.17) is 16.3 Å². The minimum Gasteiger partial charge on any atom is -0.477 e. The summed E-state index contributed by atoms with van der Waals surface area (Å²) in [6, 6.07) is 1.39. The number of ether oxygens (including phenoxy) is 1. The average molecular weight is 312 g/mol. The number of hydrogen-bond acceptors (Lipinski definition) is 5. The van der Waals surface area contributed by atoms with Crippen molar-refractivity contribution in [3.8, 4) is 5.88 Å². The molecule has 0 unspecified atom stereocenters. The third-order valence-electron chi connectivity index (χ3n) is 2.52. The molecule has 0 spiro atoms. The Hall–Kier alpha value is -1.66. The molecule has 106 valence electrons. The van der Waals surface area contributed by atoms with E-state index >= 15 is 0 Å². The number of nitrogens with one attached hydrogen (secondary N) is 1. The largest absolute Gasteiger partial charge is 0.477 e. The first-order chi connectivity index (χ1) is 9.61. The molecule has 1 atom stereocenters. The molecule has 1 amide bonds. The maximum absolute atomic E-state index is 12.1. The SMILES string of the molecule is CCOc1ncc(C(=O)N[C@@H](C)c2nccs2)cc1Cl. The molecule has 2 heterocycles. The highest BCUT2D eigenvalue weighted by Gasteiger charge is 2.15. The molecular weight excluding hydrogens is 298 g/mol. The topological polar surface area (TPSA) is 64.1 Å². The lowest BCUT2D eigenvalue weighted by Crippen LogP contribution is -2.26. The molecule has 2 aromatic rings. The van der Waals surface area contributed by atoms with Crippen molar-refractivity contribution in [2.75, 3.05) is 6.61 Å². The first kappa shape index (κ1) is 14.7. The van der Waals surface area contributed by atoms with Crippen LogP contribution < -0.4 is 10.1 Å². The summed E-state index contributed by atoms with van der Waals surface area (Å²) in [6.45, 7) is 4.19. The molecule has 20 heavy (non-hydrogen) atoms. The van der Waals surface area contributed by atoms with Crippen molar-refractivity contribution in [1.82, 2.24) is 15.3 Å². The molecule has 0 aliphatic heterocycles. The average Bonchev–Trinajstić information content (AvgIpc) is 2.95. The molecule has 2 rings (SSSR count). The minimum atomic E-state index is -0.245. The summed E-state index contributed by atoms with van der Waals surface area (Å²) in [7, 11) is 0. The molecular formula is C13H14ClN3O2S. The number of carbonyl (C=O) groups is 1. The molecule has 1 N–H and O–H groups in total. The summed E-state index contributed by atoms with van der Waals surface area (Å²) in [4.78, 5) is 20.3. The molecule has 0 saturated heterocycles. The zero-order chi connectivity index (χ0) is 14.5. The van der Waals surface area contributed by atoms with Gasteiger partial charge in [-0.2, -0.15) is 0 Å². The lowest BCUT2D eigenvalue weighted by molar-refractivity contribution is 0.0939. The van der Waals surface area contributed by atoms with Gasteiger partial charge in [0, 0.05) is 17.8 Å². The summed E-state index contributed by atoms with van der Waals surface area (Å²) in [5.74, 6) is 0.0869. The Balaban J connectivity index is 2.07. The van der Waals surface area contributed by atoms with Crippen LogP contribution in [0.2, 0.25) is 5.02 Å². The van der Waals surface area contributed by atoms with Crippen LogP contribution in [0.3, 0.4) is 0 Å².